The highest BCUT2D eigenvalue weighted by Gasteiger charge is 2.69. The zero-order valence-corrected chi connectivity index (χ0v) is 22.5. The monoisotopic (exact) mass is 506 g/mol. The Bertz CT molecular complexity index is 931. The maximum absolute atomic E-state index is 13.3. The molecule has 3 saturated carbocycles. The largest absolute Gasteiger partial charge is 0.394 e. The maximum atomic E-state index is 13.3. The molecule has 0 bridgehead atoms. The molecule has 204 valence electrons. The number of hydrogen-bond donors (Lipinski definition) is 5. The van der Waals surface area contributed by atoms with Crippen LogP contribution in [0.3, 0.4) is 0 Å². The van der Waals surface area contributed by atoms with Crippen LogP contribution < -0.4 is 0 Å². The van der Waals surface area contributed by atoms with Gasteiger partial charge in [-0.05, 0) is 92.6 Å². The van der Waals surface area contributed by atoms with Gasteiger partial charge in [0.15, 0.2) is 5.78 Å². The van der Waals surface area contributed by atoms with Crippen molar-refractivity contribution < 1.29 is 35.1 Å². The molecule has 0 aromatic rings. The Morgan fingerprint density at radius 1 is 1.11 bits per heavy atom. The van der Waals surface area contributed by atoms with Crippen molar-refractivity contribution in [2.75, 3.05) is 6.61 Å². The summed E-state index contributed by atoms with van der Waals surface area (Å²) in [4.78, 5) is 13.3. The highest BCUT2D eigenvalue weighted by atomic mass is 16.5. The molecule has 5 aliphatic rings. The van der Waals surface area contributed by atoms with Crippen LogP contribution in [-0.2, 0) is 9.53 Å². The first-order valence-electron chi connectivity index (χ1n) is 14.1. The fourth-order valence-corrected chi connectivity index (χ4v) is 9.45. The summed E-state index contributed by atoms with van der Waals surface area (Å²) in [5.41, 5.74) is -2.92. The van der Waals surface area contributed by atoms with Crippen molar-refractivity contribution in [1.29, 1.82) is 0 Å². The van der Waals surface area contributed by atoms with E-state index in [-0.39, 0.29) is 53.5 Å². The SMILES string of the molecule is C[C@@H]1[C@@H](C)[C@H](CO)O[C@@H]1[C@@H](O)[C@@](C)(O)[C@H]1CC[C@@]2(O)C3=CC(=O)[C@@H]4C[C@@H](O)CC[C@]4(C)[C@H]3CC[C@]12C. The van der Waals surface area contributed by atoms with E-state index in [1.807, 2.05) is 20.8 Å². The number of carbonyl (C=O) groups excluding carboxylic acids is 1. The van der Waals surface area contributed by atoms with Gasteiger partial charge in [-0.2, -0.15) is 0 Å². The molecule has 7 heteroatoms. The van der Waals surface area contributed by atoms with Crippen molar-refractivity contribution in [1.82, 2.24) is 0 Å². The van der Waals surface area contributed by atoms with Crippen molar-refractivity contribution in [3.05, 3.63) is 11.6 Å². The third kappa shape index (κ3) is 3.42. The number of carbonyl (C=O) groups is 1. The molecular weight excluding hydrogens is 460 g/mol. The van der Waals surface area contributed by atoms with E-state index in [0.29, 0.717) is 32.1 Å². The first-order valence-corrected chi connectivity index (χ1v) is 14.1. The van der Waals surface area contributed by atoms with E-state index in [9.17, 15) is 30.3 Å². The smallest absolute Gasteiger partial charge is 0.159 e. The second kappa shape index (κ2) is 8.59. The summed E-state index contributed by atoms with van der Waals surface area (Å²) in [6.07, 6.45) is 3.48. The number of rotatable bonds is 4. The first-order chi connectivity index (χ1) is 16.7. The summed E-state index contributed by atoms with van der Waals surface area (Å²) in [7, 11) is 0. The van der Waals surface area contributed by atoms with Gasteiger partial charge in [-0.15, -0.1) is 0 Å². The molecule has 7 nitrogen and oxygen atoms in total. The van der Waals surface area contributed by atoms with Gasteiger partial charge in [-0.1, -0.05) is 27.7 Å². The minimum atomic E-state index is -1.52. The zero-order valence-electron chi connectivity index (χ0n) is 22.5. The minimum Gasteiger partial charge on any atom is -0.394 e. The van der Waals surface area contributed by atoms with E-state index in [4.69, 9.17) is 4.74 Å². The van der Waals surface area contributed by atoms with Gasteiger partial charge in [-0.3, -0.25) is 4.79 Å². The molecule has 4 fully saturated rings. The lowest BCUT2D eigenvalue weighted by Crippen LogP contribution is -2.63. The van der Waals surface area contributed by atoms with Crippen molar-refractivity contribution in [3.8, 4) is 0 Å². The van der Waals surface area contributed by atoms with Gasteiger partial charge in [0.2, 0.25) is 0 Å². The van der Waals surface area contributed by atoms with Crippen molar-refractivity contribution in [2.45, 2.75) is 115 Å². The molecule has 1 heterocycles. The van der Waals surface area contributed by atoms with Crippen LogP contribution in [0.4, 0.5) is 0 Å². The van der Waals surface area contributed by atoms with Crippen LogP contribution in [0, 0.1) is 40.4 Å². The molecule has 0 radical (unpaired) electrons. The summed E-state index contributed by atoms with van der Waals surface area (Å²) < 4.78 is 6.02. The van der Waals surface area contributed by atoms with Gasteiger partial charge in [0.1, 0.15) is 6.10 Å². The molecule has 4 aliphatic carbocycles. The molecule has 1 aliphatic heterocycles. The normalized spacial score (nSPS) is 53.2. The lowest BCUT2D eigenvalue weighted by Gasteiger charge is -2.60. The van der Waals surface area contributed by atoms with E-state index < -0.39 is 34.9 Å². The van der Waals surface area contributed by atoms with E-state index >= 15 is 0 Å². The maximum Gasteiger partial charge on any atom is 0.159 e. The molecule has 0 amide bonds. The highest BCUT2D eigenvalue weighted by molar-refractivity contribution is 5.95. The molecule has 0 aromatic carbocycles. The third-order valence-corrected chi connectivity index (χ3v) is 12.1. The van der Waals surface area contributed by atoms with Crippen LogP contribution in [-0.4, -0.2) is 73.5 Å². The van der Waals surface area contributed by atoms with E-state index in [1.165, 1.54) is 0 Å². The van der Waals surface area contributed by atoms with Crippen LogP contribution >= 0.6 is 0 Å². The first kappa shape index (κ1) is 26.8. The molecular formula is C29H46O7. The van der Waals surface area contributed by atoms with Gasteiger partial charge in [0.25, 0.3) is 0 Å². The van der Waals surface area contributed by atoms with Gasteiger partial charge in [0, 0.05) is 11.3 Å². The Morgan fingerprint density at radius 3 is 2.44 bits per heavy atom. The summed E-state index contributed by atoms with van der Waals surface area (Å²) in [6.45, 7) is 9.70. The molecule has 0 unspecified atom stereocenters. The lowest BCUT2D eigenvalue weighted by molar-refractivity contribution is -0.197. The Kier molecular flexibility index (Phi) is 6.38. The molecule has 36 heavy (non-hydrogen) atoms. The quantitative estimate of drug-likeness (QED) is 0.396. The Labute approximate surface area is 214 Å². The predicted molar refractivity (Wildman–Crippen MR) is 134 cm³/mol. The summed E-state index contributed by atoms with van der Waals surface area (Å²) in [6, 6.07) is 0. The molecule has 13 atom stereocenters. The summed E-state index contributed by atoms with van der Waals surface area (Å²) in [5.74, 6) is -0.508. The van der Waals surface area contributed by atoms with Crippen molar-refractivity contribution in [2.24, 2.45) is 40.4 Å². The van der Waals surface area contributed by atoms with E-state index in [1.54, 1.807) is 13.0 Å². The highest BCUT2D eigenvalue weighted by Crippen LogP contribution is 2.68. The minimum absolute atomic E-state index is 0.00707. The predicted octanol–water partition coefficient (Wildman–Crippen LogP) is 2.36. The third-order valence-electron chi connectivity index (χ3n) is 12.1. The lowest BCUT2D eigenvalue weighted by atomic mass is 9.46. The number of ether oxygens (including phenoxy) is 1. The Balaban J connectivity index is 1.46. The summed E-state index contributed by atoms with van der Waals surface area (Å²) in [5, 5.41) is 55.7. The van der Waals surface area contributed by atoms with Gasteiger partial charge >= 0.3 is 0 Å². The molecule has 1 saturated heterocycles. The second-order valence-corrected chi connectivity index (χ2v) is 13.7. The zero-order chi connectivity index (χ0) is 26.4. The fourth-order valence-electron chi connectivity index (χ4n) is 9.45. The van der Waals surface area contributed by atoms with Gasteiger partial charge in [-0.25, -0.2) is 0 Å². The van der Waals surface area contributed by atoms with Crippen LogP contribution in [0.25, 0.3) is 0 Å². The van der Waals surface area contributed by atoms with Gasteiger partial charge < -0.3 is 30.3 Å². The average Bonchev–Trinajstić information content (AvgIpc) is 3.27. The van der Waals surface area contributed by atoms with E-state index in [2.05, 4.69) is 6.92 Å². The second-order valence-electron chi connectivity index (χ2n) is 13.7. The van der Waals surface area contributed by atoms with Crippen molar-refractivity contribution >= 4 is 5.78 Å². The molecule has 0 spiro atoms. The van der Waals surface area contributed by atoms with Crippen molar-refractivity contribution in [3.63, 3.8) is 0 Å². The number of ketones is 1. The fraction of sp³-hybridized carbons (Fsp3) is 0.897. The average molecular weight is 507 g/mol. The standard InChI is InChI=1S/C29H46O7/c1-15-16(2)24(36-22(15)14-30)25(33)28(5,34)23-8-11-29(35)19-13-21(32)20-12-17(31)6-9-26(20,3)18(19)7-10-27(23,29)4/h13,15-18,20,22-25,30-31,33-35H,6-12,14H2,1-5H3/t15-,16-,17+,18+,20+,22+,23+,24+,25-,26-,27-,28+,29-/m1/s1. The number of hydrogen-bond acceptors (Lipinski definition) is 7. The van der Waals surface area contributed by atoms with Crippen LogP contribution in [0.2, 0.25) is 0 Å². The molecule has 5 N–H and O–H groups in total. The number of fused-ring (bicyclic) bond motifs is 5. The Morgan fingerprint density at radius 2 is 1.81 bits per heavy atom. The van der Waals surface area contributed by atoms with Crippen LogP contribution in [0.5, 0.6) is 0 Å². The van der Waals surface area contributed by atoms with E-state index in [0.717, 1.165) is 18.4 Å². The topological polar surface area (TPSA) is 127 Å². The van der Waals surface area contributed by atoms with Gasteiger partial charge in [0.05, 0.1) is 36.1 Å². The Hall–Kier alpha value is -0.830. The number of allylic oxidation sites excluding steroid dienone is 1. The van der Waals surface area contributed by atoms with Crippen LogP contribution in [0.15, 0.2) is 11.6 Å². The summed E-state index contributed by atoms with van der Waals surface area (Å²) >= 11 is 0. The number of aliphatic hydroxyl groups excluding tert-OH is 3. The molecule has 5 rings (SSSR count). The number of aliphatic hydroxyl groups is 5. The molecule has 0 aromatic heterocycles. The van der Waals surface area contributed by atoms with Crippen LogP contribution in [0.1, 0.15) is 79.6 Å².